The number of benzene rings is 1. The highest BCUT2D eigenvalue weighted by molar-refractivity contribution is 14.0. The van der Waals surface area contributed by atoms with Crippen LogP contribution < -0.4 is 10.1 Å². The molecule has 1 aliphatic rings. The third-order valence-corrected chi connectivity index (χ3v) is 3.39. The lowest BCUT2D eigenvalue weighted by atomic mass is 10.3. The molecule has 0 amide bonds. The number of rotatable bonds is 6. The van der Waals surface area contributed by atoms with Gasteiger partial charge in [0.15, 0.2) is 5.96 Å². The Morgan fingerprint density at radius 1 is 1.27 bits per heavy atom. The van der Waals surface area contributed by atoms with Gasteiger partial charge in [-0.3, -0.25) is 4.99 Å². The lowest BCUT2D eigenvalue weighted by Crippen LogP contribution is -2.39. The van der Waals surface area contributed by atoms with Crippen molar-refractivity contribution in [3.05, 3.63) is 30.1 Å². The van der Waals surface area contributed by atoms with E-state index in [1.54, 1.807) is 12.1 Å². The van der Waals surface area contributed by atoms with Crippen LogP contribution in [-0.2, 0) is 0 Å². The van der Waals surface area contributed by atoms with Crippen molar-refractivity contribution >= 4 is 29.9 Å². The quantitative estimate of drug-likeness (QED) is 0.332. The summed E-state index contributed by atoms with van der Waals surface area (Å²) in [7, 11) is 0. The van der Waals surface area contributed by atoms with Gasteiger partial charge in [-0.25, -0.2) is 4.39 Å². The summed E-state index contributed by atoms with van der Waals surface area (Å²) in [5, 5.41) is 3.33. The minimum Gasteiger partial charge on any atom is -0.494 e. The van der Waals surface area contributed by atoms with E-state index in [1.165, 1.54) is 25.0 Å². The number of halogens is 2. The van der Waals surface area contributed by atoms with Crippen molar-refractivity contribution in [1.29, 1.82) is 0 Å². The second kappa shape index (κ2) is 10.6. The Morgan fingerprint density at radius 3 is 2.59 bits per heavy atom. The van der Waals surface area contributed by atoms with E-state index >= 15 is 0 Å². The largest absolute Gasteiger partial charge is 0.494 e. The Morgan fingerprint density at radius 2 is 1.95 bits per heavy atom. The first-order valence-electron chi connectivity index (χ1n) is 7.71. The van der Waals surface area contributed by atoms with Crippen LogP contribution in [0.2, 0.25) is 0 Å². The second-order valence-corrected chi connectivity index (χ2v) is 5.09. The molecule has 124 valence electrons. The van der Waals surface area contributed by atoms with Crippen molar-refractivity contribution in [2.24, 2.45) is 4.99 Å². The Bertz CT molecular complexity index is 447. The molecule has 0 bridgehead atoms. The van der Waals surface area contributed by atoms with Gasteiger partial charge in [-0.05, 0) is 44.0 Å². The third kappa shape index (κ3) is 6.37. The molecule has 22 heavy (non-hydrogen) atoms. The lowest BCUT2D eigenvalue weighted by Gasteiger charge is -2.20. The van der Waals surface area contributed by atoms with Gasteiger partial charge in [-0.15, -0.1) is 24.0 Å². The number of ether oxygens (including phenoxy) is 1. The number of hydrogen-bond donors (Lipinski definition) is 1. The number of nitrogens with zero attached hydrogens (tertiary/aromatic N) is 2. The van der Waals surface area contributed by atoms with Crippen LogP contribution in [0.1, 0.15) is 26.2 Å². The van der Waals surface area contributed by atoms with Crippen molar-refractivity contribution in [3.8, 4) is 5.75 Å². The zero-order valence-corrected chi connectivity index (χ0v) is 15.4. The summed E-state index contributed by atoms with van der Waals surface area (Å²) in [6.07, 6.45) is 3.34. The van der Waals surface area contributed by atoms with Gasteiger partial charge in [-0.1, -0.05) is 0 Å². The van der Waals surface area contributed by atoms with Crippen LogP contribution >= 0.6 is 24.0 Å². The van der Waals surface area contributed by atoms with Crippen molar-refractivity contribution in [3.63, 3.8) is 0 Å². The normalized spacial score (nSPS) is 14.6. The number of nitrogens with one attached hydrogen (secondary N) is 1. The molecule has 0 aromatic heterocycles. The fourth-order valence-electron chi connectivity index (χ4n) is 2.33. The standard InChI is InChI=1S/C16H24FN3O.HI/c1-2-18-16(20-11-3-4-12-20)19-10-5-13-21-15-8-6-14(17)7-9-15;/h6-9H,2-5,10-13H2,1H3,(H,18,19);1H. The summed E-state index contributed by atoms with van der Waals surface area (Å²) in [6, 6.07) is 6.11. The zero-order chi connectivity index (χ0) is 14.9. The molecule has 0 saturated carbocycles. The van der Waals surface area contributed by atoms with Gasteiger partial charge in [0.1, 0.15) is 11.6 Å². The average Bonchev–Trinajstić information content (AvgIpc) is 3.02. The maximum Gasteiger partial charge on any atom is 0.193 e. The average molecular weight is 421 g/mol. The summed E-state index contributed by atoms with van der Waals surface area (Å²) >= 11 is 0. The fraction of sp³-hybridized carbons (Fsp3) is 0.562. The van der Waals surface area contributed by atoms with Crippen LogP contribution in [0.4, 0.5) is 4.39 Å². The molecule has 0 radical (unpaired) electrons. The van der Waals surface area contributed by atoms with Gasteiger partial charge >= 0.3 is 0 Å². The molecule has 4 nitrogen and oxygen atoms in total. The molecule has 1 aromatic rings. The number of likely N-dealkylation sites (tertiary alicyclic amines) is 1. The Balaban J connectivity index is 0.00000242. The molecule has 1 saturated heterocycles. The van der Waals surface area contributed by atoms with E-state index < -0.39 is 0 Å². The van der Waals surface area contributed by atoms with Crippen LogP contribution in [0.25, 0.3) is 0 Å². The van der Waals surface area contributed by atoms with Crippen molar-refractivity contribution in [2.75, 3.05) is 32.8 Å². The predicted octanol–water partition coefficient (Wildman–Crippen LogP) is 3.27. The van der Waals surface area contributed by atoms with Crippen LogP contribution in [-0.4, -0.2) is 43.6 Å². The molecule has 1 aromatic carbocycles. The summed E-state index contributed by atoms with van der Waals surface area (Å²) in [6.45, 7) is 6.50. The maximum atomic E-state index is 12.8. The predicted molar refractivity (Wildman–Crippen MR) is 98.7 cm³/mol. The number of aliphatic imine (C=N–C) groups is 1. The van der Waals surface area contributed by atoms with Crippen molar-refractivity contribution in [2.45, 2.75) is 26.2 Å². The molecule has 1 heterocycles. The van der Waals surface area contributed by atoms with Crippen molar-refractivity contribution < 1.29 is 9.13 Å². The third-order valence-electron chi connectivity index (χ3n) is 3.39. The smallest absolute Gasteiger partial charge is 0.193 e. The van der Waals surface area contributed by atoms with Gasteiger partial charge in [0, 0.05) is 32.6 Å². The SMILES string of the molecule is CCNC(=NCCCOc1ccc(F)cc1)N1CCCC1.I. The first-order valence-corrected chi connectivity index (χ1v) is 7.71. The topological polar surface area (TPSA) is 36.9 Å². The molecular formula is C16H25FIN3O. The van der Waals surface area contributed by atoms with Crippen molar-refractivity contribution in [1.82, 2.24) is 10.2 Å². The highest BCUT2D eigenvalue weighted by Crippen LogP contribution is 2.11. The van der Waals surface area contributed by atoms with E-state index in [4.69, 9.17) is 4.74 Å². The zero-order valence-electron chi connectivity index (χ0n) is 13.1. The molecule has 6 heteroatoms. The Kier molecular flexibility index (Phi) is 9.19. The Hall–Kier alpha value is -1.05. The second-order valence-electron chi connectivity index (χ2n) is 5.09. The van der Waals surface area contributed by atoms with Crippen LogP contribution in [0.5, 0.6) is 5.75 Å². The van der Waals surface area contributed by atoms with E-state index in [9.17, 15) is 4.39 Å². The number of hydrogen-bond acceptors (Lipinski definition) is 2. The fourth-order valence-corrected chi connectivity index (χ4v) is 2.33. The highest BCUT2D eigenvalue weighted by Gasteiger charge is 2.14. The van der Waals surface area contributed by atoms with Gasteiger partial charge < -0.3 is 15.0 Å². The molecule has 2 rings (SSSR count). The maximum absolute atomic E-state index is 12.8. The van der Waals surface area contributed by atoms with Crippen LogP contribution in [0.15, 0.2) is 29.3 Å². The van der Waals surface area contributed by atoms with E-state index in [-0.39, 0.29) is 29.8 Å². The first-order chi connectivity index (χ1) is 10.3. The molecular weight excluding hydrogens is 396 g/mol. The summed E-state index contributed by atoms with van der Waals surface area (Å²) in [5.41, 5.74) is 0. The van der Waals surface area contributed by atoms with Crippen LogP contribution in [0.3, 0.4) is 0 Å². The van der Waals surface area contributed by atoms with Gasteiger partial charge in [-0.2, -0.15) is 0 Å². The monoisotopic (exact) mass is 421 g/mol. The lowest BCUT2D eigenvalue weighted by molar-refractivity contribution is 0.312. The van der Waals surface area contributed by atoms with E-state index in [1.807, 2.05) is 0 Å². The van der Waals surface area contributed by atoms with Gasteiger partial charge in [0.25, 0.3) is 0 Å². The van der Waals surface area contributed by atoms with E-state index in [2.05, 4.69) is 22.1 Å². The molecule has 1 N–H and O–H groups in total. The van der Waals surface area contributed by atoms with E-state index in [0.29, 0.717) is 12.4 Å². The van der Waals surface area contributed by atoms with E-state index in [0.717, 1.165) is 38.6 Å². The molecule has 0 spiro atoms. The first kappa shape index (κ1) is 19.0. The van der Waals surface area contributed by atoms with Crippen LogP contribution in [0, 0.1) is 5.82 Å². The minimum atomic E-state index is -0.243. The summed E-state index contributed by atoms with van der Waals surface area (Å²) in [5.74, 6) is 1.47. The molecule has 0 atom stereocenters. The molecule has 0 aliphatic carbocycles. The van der Waals surface area contributed by atoms with Gasteiger partial charge in [0.05, 0.1) is 6.61 Å². The molecule has 0 unspecified atom stereocenters. The highest BCUT2D eigenvalue weighted by atomic mass is 127. The number of guanidine groups is 1. The summed E-state index contributed by atoms with van der Waals surface area (Å²) in [4.78, 5) is 6.94. The minimum absolute atomic E-state index is 0. The molecule has 1 aliphatic heterocycles. The Labute approximate surface area is 149 Å². The summed E-state index contributed by atoms with van der Waals surface area (Å²) < 4.78 is 18.3. The van der Waals surface area contributed by atoms with Gasteiger partial charge in [0.2, 0.25) is 0 Å². The molecule has 1 fully saturated rings.